The second kappa shape index (κ2) is 7.99. The average molecular weight is 415 g/mol. The van der Waals surface area contributed by atoms with Crippen molar-refractivity contribution in [3.63, 3.8) is 0 Å². The number of aromatic hydroxyl groups is 1. The van der Waals surface area contributed by atoms with Crippen molar-refractivity contribution in [1.82, 2.24) is 0 Å². The van der Waals surface area contributed by atoms with Gasteiger partial charge in [0.25, 0.3) is 11.7 Å². The Morgan fingerprint density at radius 2 is 1.71 bits per heavy atom. The highest BCUT2D eigenvalue weighted by molar-refractivity contribution is 6.51. The quantitative estimate of drug-likeness (QED) is 0.376. The van der Waals surface area contributed by atoms with Crippen LogP contribution in [0.4, 0.5) is 5.69 Å². The Labute approximate surface area is 179 Å². The van der Waals surface area contributed by atoms with E-state index in [4.69, 9.17) is 4.74 Å². The molecule has 1 amide bonds. The van der Waals surface area contributed by atoms with E-state index in [0.717, 1.165) is 5.56 Å². The van der Waals surface area contributed by atoms with Gasteiger partial charge < -0.3 is 14.9 Å². The number of methoxy groups -OCH3 is 1. The fourth-order valence-corrected chi connectivity index (χ4v) is 3.85. The molecular formula is C25H21NO5. The lowest BCUT2D eigenvalue weighted by atomic mass is 9.94. The fraction of sp³-hybridized carbons (Fsp3) is 0.120. The summed E-state index contributed by atoms with van der Waals surface area (Å²) in [7, 11) is 1.47. The van der Waals surface area contributed by atoms with E-state index in [2.05, 4.69) is 0 Å². The minimum absolute atomic E-state index is 0.00992. The van der Waals surface area contributed by atoms with Crippen LogP contribution in [-0.2, 0) is 9.59 Å². The molecule has 6 nitrogen and oxygen atoms in total. The highest BCUT2D eigenvalue weighted by Gasteiger charge is 2.47. The Balaban J connectivity index is 2.00. The van der Waals surface area contributed by atoms with Crippen molar-refractivity contribution in [1.29, 1.82) is 0 Å². The van der Waals surface area contributed by atoms with Crippen LogP contribution in [0.25, 0.3) is 5.76 Å². The van der Waals surface area contributed by atoms with Gasteiger partial charge in [-0.05, 0) is 48.9 Å². The van der Waals surface area contributed by atoms with Crippen LogP contribution < -0.4 is 9.64 Å². The maximum absolute atomic E-state index is 13.1. The second-order valence-corrected chi connectivity index (χ2v) is 7.30. The number of carbonyl (C=O) groups is 2. The third-order valence-electron chi connectivity index (χ3n) is 5.27. The molecule has 0 aromatic heterocycles. The molecule has 4 rings (SSSR count). The van der Waals surface area contributed by atoms with E-state index in [0.29, 0.717) is 22.6 Å². The maximum Gasteiger partial charge on any atom is 0.300 e. The first-order valence-electron chi connectivity index (χ1n) is 9.72. The number of anilines is 1. The van der Waals surface area contributed by atoms with E-state index < -0.39 is 17.7 Å². The predicted octanol–water partition coefficient (Wildman–Crippen LogP) is 4.34. The zero-order chi connectivity index (χ0) is 22.1. The van der Waals surface area contributed by atoms with Gasteiger partial charge in [0.15, 0.2) is 0 Å². The Bertz CT molecular complexity index is 1200. The first-order chi connectivity index (χ1) is 14.9. The average Bonchev–Trinajstić information content (AvgIpc) is 3.04. The zero-order valence-corrected chi connectivity index (χ0v) is 17.1. The Hall–Kier alpha value is -4.06. The third kappa shape index (κ3) is 3.53. The highest BCUT2D eigenvalue weighted by Crippen LogP contribution is 2.43. The number of Topliss-reactive ketones (excluding diaryl/α,β-unsaturated/α-hetero) is 1. The van der Waals surface area contributed by atoms with Crippen LogP contribution in [0.5, 0.6) is 11.5 Å². The number of aliphatic hydroxyl groups excluding tert-OH is 1. The lowest BCUT2D eigenvalue weighted by Crippen LogP contribution is -2.29. The molecule has 31 heavy (non-hydrogen) atoms. The van der Waals surface area contributed by atoms with Gasteiger partial charge in [-0.1, -0.05) is 42.0 Å². The summed E-state index contributed by atoms with van der Waals surface area (Å²) in [4.78, 5) is 27.6. The number of rotatable bonds is 4. The summed E-state index contributed by atoms with van der Waals surface area (Å²) in [6.45, 7) is 1.85. The lowest BCUT2D eigenvalue weighted by molar-refractivity contribution is -0.132. The van der Waals surface area contributed by atoms with E-state index in [-0.39, 0.29) is 17.1 Å². The molecule has 0 spiro atoms. The molecule has 3 aromatic rings. The van der Waals surface area contributed by atoms with Crippen molar-refractivity contribution < 1.29 is 24.5 Å². The molecule has 0 aliphatic carbocycles. The van der Waals surface area contributed by atoms with Crippen molar-refractivity contribution in [2.75, 3.05) is 12.0 Å². The van der Waals surface area contributed by atoms with Crippen LogP contribution in [0.15, 0.2) is 78.4 Å². The molecule has 156 valence electrons. The molecule has 1 fully saturated rings. The predicted molar refractivity (Wildman–Crippen MR) is 117 cm³/mol. The molecule has 1 aliphatic heterocycles. The van der Waals surface area contributed by atoms with Crippen LogP contribution >= 0.6 is 0 Å². The summed E-state index contributed by atoms with van der Waals surface area (Å²) in [5.41, 5.74) is 2.11. The number of hydrogen-bond donors (Lipinski definition) is 2. The van der Waals surface area contributed by atoms with Crippen molar-refractivity contribution in [2.45, 2.75) is 13.0 Å². The highest BCUT2D eigenvalue weighted by atomic mass is 16.5. The normalized spacial score (nSPS) is 17.7. The molecule has 2 N–H and O–H groups in total. The summed E-state index contributed by atoms with van der Waals surface area (Å²) < 4.78 is 5.37. The van der Waals surface area contributed by atoms with E-state index in [1.54, 1.807) is 54.6 Å². The monoisotopic (exact) mass is 415 g/mol. The minimum atomic E-state index is -0.917. The Morgan fingerprint density at radius 3 is 2.39 bits per heavy atom. The van der Waals surface area contributed by atoms with Gasteiger partial charge >= 0.3 is 0 Å². The molecule has 0 radical (unpaired) electrons. The van der Waals surface area contributed by atoms with E-state index in [1.807, 2.05) is 13.0 Å². The number of phenols is 1. The summed E-state index contributed by atoms with van der Waals surface area (Å²) in [5, 5.41) is 21.3. The Morgan fingerprint density at radius 1 is 0.968 bits per heavy atom. The molecule has 1 heterocycles. The molecule has 6 heteroatoms. The number of hydrogen-bond acceptors (Lipinski definition) is 5. The van der Waals surface area contributed by atoms with Crippen LogP contribution in [0.1, 0.15) is 22.7 Å². The maximum atomic E-state index is 13.1. The van der Waals surface area contributed by atoms with Crippen molar-refractivity contribution >= 4 is 23.1 Å². The summed E-state index contributed by atoms with van der Waals surface area (Å²) in [5.74, 6) is -1.52. The molecular weight excluding hydrogens is 394 g/mol. The summed E-state index contributed by atoms with van der Waals surface area (Å²) >= 11 is 0. The number of ether oxygens (including phenoxy) is 1. The van der Waals surface area contributed by atoms with E-state index in [9.17, 15) is 19.8 Å². The zero-order valence-electron chi connectivity index (χ0n) is 17.1. The molecule has 1 atom stereocenters. The van der Waals surface area contributed by atoms with Crippen LogP contribution in [0, 0.1) is 6.92 Å². The number of aliphatic hydroxyl groups is 1. The topological polar surface area (TPSA) is 87.1 Å². The van der Waals surface area contributed by atoms with Crippen LogP contribution in [0.2, 0.25) is 0 Å². The number of ketones is 1. The second-order valence-electron chi connectivity index (χ2n) is 7.30. The molecule has 1 unspecified atom stereocenters. The number of amides is 1. The van der Waals surface area contributed by atoms with Crippen LogP contribution in [0.3, 0.4) is 0 Å². The van der Waals surface area contributed by atoms with Crippen LogP contribution in [-0.4, -0.2) is 29.0 Å². The van der Waals surface area contributed by atoms with Gasteiger partial charge in [0, 0.05) is 5.69 Å². The van der Waals surface area contributed by atoms with E-state index >= 15 is 0 Å². The largest absolute Gasteiger partial charge is 0.508 e. The van der Waals surface area contributed by atoms with Gasteiger partial charge in [-0.15, -0.1) is 0 Å². The number of nitrogens with zero attached hydrogens (tertiary/aromatic N) is 1. The SMILES string of the molecule is COc1ccc(C)cc1/C(O)=C1\C(=O)C(=O)N(c2ccccc2)C1c1cccc(O)c1. The van der Waals surface area contributed by atoms with Gasteiger partial charge in [0.1, 0.15) is 17.3 Å². The molecule has 1 saturated heterocycles. The van der Waals surface area contributed by atoms with E-state index in [1.165, 1.54) is 24.1 Å². The number of phenolic OH excluding ortho intramolecular Hbond substituents is 1. The summed E-state index contributed by atoms with van der Waals surface area (Å²) in [6.07, 6.45) is 0. The summed E-state index contributed by atoms with van der Waals surface area (Å²) in [6, 6.07) is 19.4. The molecule has 0 bridgehead atoms. The van der Waals surface area contributed by atoms with Gasteiger partial charge in [-0.25, -0.2) is 0 Å². The number of aryl methyl sites for hydroxylation is 1. The number of carbonyl (C=O) groups excluding carboxylic acids is 2. The van der Waals surface area contributed by atoms with Gasteiger partial charge in [-0.3, -0.25) is 14.5 Å². The molecule has 0 saturated carbocycles. The standard InChI is InChI=1S/C25H21NO5/c1-15-11-12-20(31-2)19(13-15)23(28)21-22(16-7-6-10-18(27)14-16)26(25(30)24(21)29)17-8-4-3-5-9-17/h3-14,22,27-28H,1-2H3/b23-21+. The third-order valence-corrected chi connectivity index (χ3v) is 5.27. The smallest absolute Gasteiger partial charge is 0.300 e. The minimum Gasteiger partial charge on any atom is -0.508 e. The molecule has 3 aromatic carbocycles. The lowest BCUT2D eigenvalue weighted by Gasteiger charge is -2.25. The van der Waals surface area contributed by atoms with Crippen molar-refractivity contribution in [3.05, 3.63) is 95.1 Å². The number of para-hydroxylation sites is 1. The van der Waals surface area contributed by atoms with Crippen molar-refractivity contribution in [2.24, 2.45) is 0 Å². The first kappa shape index (κ1) is 20.2. The van der Waals surface area contributed by atoms with Crippen molar-refractivity contribution in [3.8, 4) is 11.5 Å². The first-order valence-corrected chi connectivity index (χ1v) is 9.72. The Kier molecular flexibility index (Phi) is 5.21. The molecule has 1 aliphatic rings. The van der Waals surface area contributed by atoms with Gasteiger partial charge in [-0.2, -0.15) is 0 Å². The number of benzene rings is 3. The fourth-order valence-electron chi connectivity index (χ4n) is 3.85. The van der Waals surface area contributed by atoms with Gasteiger partial charge in [0.2, 0.25) is 0 Å². The van der Waals surface area contributed by atoms with Gasteiger partial charge in [0.05, 0.1) is 24.3 Å².